The average Bonchev–Trinajstić information content (AvgIpc) is 2.48. The van der Waals surface area contributed by atoms with E-state index < -0.39 is 0 Å². The summed E-state index contributed by atoms with van der Waals surface area (Å²) in [5.41, 5.74) is 2.70. The van der Waals surface area contributed by atoms with Gasteiger partial charge in [-0.15, -0.1) is 0 Å². The molecule has 1 aliphatic carbocycles. The second kappa shape index (κ2) is 7.46. The lowest BCUT2D eigenvalue weighted by Gasteiger charge is -2.26. The van der Waals surface area contributed by atoms with Crippen LogP contribution in [-0.4, -0.2) is 29.7 Å². The van der Waals surface area contributed by atoms with Crippen molar-refractivity contribution in [3.8, 4) is 0 Å². The van der Waals surface area contributed by atoms with E-state index in [1.165, 1.54) is 0 Å². The van der Waals surface area contributed by atoms with E-state index in [1.54, 1.807) is 0 Å². The Morgan fingerprint density at radius 3 is 2.67 bits per heavy atom. The van der Waals surface area contributed by atoms with Crippen LogP contribution in [0.3, 0.4) is 0 Å². The molecule has 1 amide bonds. The lowest BCUT2D eigenvalue weighted by atomic mass is 9.93. The first-order valence-electron chi connectivity index (χ1n) is 7.93. The van der Waals surface area contributed by atoms with Crippen LogP contribution in [-0.2, 0) is 0 Å². The van der Waals surface area contributed by atoms with Crippen LogP contribution >= 0.6 is 0 Å². The molecule has 0 bridgehead atoms. The molecule has 2 rings (SSSR count). The van der Waals surface area contributed by atoms with Gasteiger partial charge in [0, 0.05) is 18.3 Å². The number of anilines is 1. The number of aryl methyl sites for hydroxylation is 1. The highest BCUT2D eigenvalue weighted by Crippen LogP contribution is 2.21. The van der Waals surface area contributed by atoms with Gasteiger partial charge in [-0.3, -0.25) is 4.79 Å². The van der Waals surface area contributed by atoms with Crippen LogP contribution in [0.1, 0.15) is 54.9 Å². The minimum atomic E-state index is -0.195. The molecule has 0 radical (unpaired) electrons. The first-order valence-corrected chi connectivity index (χ1v) is 7.93. The number of amides is 1. The Hall–Kier alpha value is -1.55. The van der Waals surface area contributed by atoms with Gasteiger partial charge in [-0.1, -0.05) is 18.6 Å². The summed E-state index contributed by atoms with van der Waals surface area (Å²) in [6.45, 7) is 4.96. The van der Waals surface area contributed by atoms with Crippen molar-refractivity contribution in [1.82, 2.24) is 5.32 Å². The van der Waals surface area contributed by atoms with Gasteiger partial charge in [-0.2, -0.15) is 0 Å². The largest absolute Gasteiger partial charge is 0.393 e. The van der Waals surface area contributed by atoms with Crippen molar-refractivity contribution in [1.29, 1.82) is 0 Å². The molecule has 1 aliphatic rings. The maximum atomic E-state index is 12.5. The molecule has 0 atom stereocenters. The van der Waals surface area contributed by atoms with Gasteiger partial charge >= 0.3 is 0 Å². The third-order valence-corrected chi connectivity index (χ3v) is 4.02. The van der Waals surface area contributed by atoms with Crippen LogP contribution in [0.25, 0.3) is 0 Å². The van der Waals surface area contributed by atoms with Gasteiger partial charge in [-0.05, 0) is 51.2 Å². The molecule has 0 aromatic heterocycles. The van der Waals surface area contributed by atoms with E-state index in [9.17, 15) is 9.90 Å². The molecule has 0 saturated heterocycles. The van der Waals surface area contributed by atoms with Crippen molar-refractivity contribution in [2.45, 2.75) is 58.1 Å². The van der Waals surface area contributed by atoms with Gasteiger partial charge in [0.2, 0.25) is 0 Å². The molecular weight excluding hydrogens is 264 g/mol. The molecule has 21 heavy (non-hydrogen) atoms. The minimum Gasteiger partial charge on any atom is -0.393 e. The third kappa shape index (κ3) is 4.46. The Kier molecular flexibility index (Phi) is 5.62. The van der Waals surface area contributed by atoms with E-state index in [1.807, 2.05) is 25.1 Å². The number of aliphatic hydroxyl groups is 1. The van der Waals surface area contributed by atoms with E-state index in [0.29, 0.717) is 0 Å². The predicted molar refractivity (Wildman–Crippen MR) is 85.7 cm³/mol. The summed E-state index contributed by atoms with van der Waals surface area (Å²) in [6, 6.07) is 6.11. The highest BCUT2D eigenvalue weighted by atomic mass is 16.3. The summed E-state index contributed by atoms with van der Waals surface area (Å²) in [5, 5.41) is 16.0. The molecule has 4 heteroatoms. The van der Waals surface area contributed by atoms with Crippen molar-refractivity contribution in [3.05, 3.63) is 29.3 Å². The number of hydrogen-bond donors (Lipinski definition) is 3. The number of hydrogen-bond acceptors (Lipinski definition) is 3. The molecule has 4 nitrogen and oxygen atoms in total. The number of nitrogens with one attached hydrogen (secondary N) is 2. The Bertz CT molecular complexity index is 480. The normalized spacial score (nSPS) is 21.9. The molecule has 116 valence electrons. The summed E-state index contributed by atoms with van der Waals surface area (Å²) >= 11 is 0. The smallest absolute Gasteiger partial charge is 0.253 e. The third-order valence-electron chi connectivity index (χ3n) is 4.02. The molecule has 0 unspecified atom stereocenters. The predicted octanol–water partition coefficient (Wildman–Crippen LogP) is 2.85. The fourth-order valence-corrected chi connectivity index (χ4v) is 2.74. The molecule has 3 N–H and O–H groups in total. The van der Waals surface area contributed by atoms with Crippen LogP contribution < -0.4 is 10.6 Å². The molecule has 0 heterocycles. The van der Waals surface area contributed by atoms with Crippen LogP contribution in [0.2, 0.25) is 0 Å². The first-order chi connectivity index (χ1) is 10.1. The van der Waals surface area contributed by atoms with E-state index in [-0.39, 0.29) is 18.1 Å². The van der Waals surface area contributed by atoms with Gasteiger partial charge in [0.25, 0.3) is 5.91 Å². The Labute approximate surface area is 126 Å². The molecule has 0 aliphatic heterocycles. The zero-order chi connectivity index (χ0) is 15.2. The van der Waals surface area contributed by atoms with Gasteiger partial charge in [0.15, 0.2) is 0 Å². The lowest BCUT2D eigenvalue weighted by molar-refractivity contribution is 0.0868. The fourth-order valence-electron chi connectivity index (χ4n) is 2.74. The average molecular weight is 290 g/mol. The number of aliphatic hydroxyl groups excluding tert-OH is 1. The SMILES string of the molecule is CCCNc1ccc(C)cc1C(=O)NC1CCC(O)CC1. The van der Waals surface area contributed by atoms with E-state index in [0.717, 1.165) is 55.5 Å². The molecule has 1 saturated carbocycles. The van der Waals surface area contributed by atoms with Crippen LogP contribution in [0.5, 0.6) is 0 Å². The zero-order valence-electron chi connectivity index (χ0n) is 13.0. The minimum absolute atomic E-state index is 0.0151. The van der Waals surface area contributed by atoms with Crippen molar-refractivity contribution in [2.24, 2.45) is 0 Å². The van der Waals surface area contributed by atoms with Gasteiger partial charge in [0.05, 0.1) is 11.7 Å². The van der Waals surface area contributed by atoms with Crippen LogP contribution in [0.4, 0.5) is 5.69 Å². The Morgan fingerprint density at radius 2 is 2.00 bits per heavy atom. The highest BCUT2D eigenvalue weighted by Gasteiger charge is 2.22. The van der Waals surface area contributed by atoms with Gasteiger partial charge in [0.1, 0.15) is 0 Å². The molecule has 1 aromatic rings. The monoisotopic (exact) mass is 290 g/mol. The maximum absolute atomic E-state index is 12.5. The van der Waals surface area contributed by atoms with Crippen molar-refractivity contribution >= 4 is 11.6 Å². The fraction of sp³-hybridized carbons (Fsp3) is 0.588. The Morgan fingerprint density at radius 1 is 1.29 bits per heavy atom. The zero-order valence-corrected chi connectivity index (χ0v) is 13.0. The molecule has 0 spiro atoms. The van der Waals surface area contributed by atoms with Crippen molar-refractivity contribution in [3.63, 3.8) is 0 Å². The summed E-state index contributed by atoms with van der Waals surface area (Å²) in [4.78, 5) is 12.5. The van der Waals surface area contributed by atoms with Crippen molar-refractivity contribution < 1.29 is 9.90 Å². The van der Waals surface area contributed by atoms with Crippen LogP contribution in [0.15, 0.2) is 18.2 Å². The lowest BCUT2D eigenvalue weighted by Crippen LogP contribution is -2.38. The summed E-state index contributed by atoms with van der Waals surface area (Å²) in [6.07, 6.45) is 4.10. The second-order valence-corrected chi connectivity index (χ2v) is 5.95. The Balaban J connectivity index is 2.05. The maximum Gasteiger partial charge on any atom is 0.253 e. The number of carbonyl (C=O) groups excluding carboxylic acids is 1. The summed E-state index contributed by atoms with van der Waals surface area (Å²) in [7, 11) is 0. The number of carbonyl (C=O) groups is 1. The highest BCUT2D eigenvalue weighted by molar-refractivity contribution is 6.00. The quantitative estimate of drug-likeness (QED) is 0.781. The molecule has 1 fully saturated rings. The van der Waals surface area contributed by atoms with Crippen LogP contribution in [0, 0.1) is 6.92 Å². The topological polar surface area (TPSA) is 61.4 Å². The van der Waals surface area contributed by atoms with Crippen molar-refractivity contribution in [2.75, 3.05) is 11.9 Å². The second-order valence-electron chi connectivity index (χ2n) is 5.95. The standard InChI is InChI=1S/C17H26N2O2/c1-3-10-18-16-9-4-12(2)11-15(16)17(21)19-13-5-7-14(20)8-6-13/h4,9,11,13-14,18,20H,3,5-8,10H2,1-2H3,(H,19,21). The summed E-state index contributed by atoms with van der Waals surface area (Å²) in [5.74, 6) is -0.0151. The van der Waals surface area contributed by atoms with E-state index >= 15 is 0 Å². The molecule has 1 aromatic carbocycles. The van der Waals surface area contributed by atoms with Gasteiger partial charge < -0.3 is 15.7 Å². The van der Waals surface area contributed by atoms with E-state index in [2.05, 4.69) is 17.6 Å². The summed E-state index contributed by atoms with van der Waals surface area (Å²) < 4.78 is 0. The number of benzene rings is 1. The first kappa shape index (κ1) is 15.8. The van der Waals surface area contributed by atoms with E-state index in [4.69, 9.17) is 0 Å². The molecular formula is C17H26N2O2. The van der Waals surface area contributed by atoms with Gasteiger partial charge in [-0.25, -0.2) is 0 Å². The number of rotatable bonds is 5.